The van der Waals surface area contributed by atoms with Crippen LogP contribution in [0.4, 0.5) is 0 Å². The van der Waals surface area contributed by atoms with E-state index < -0.39 is 0 Å². The van der Waals surface area contributed by atoms with Crippen LogP contribution in [0.2, 0.25) is 0 Å². The maximum Gasteiger partial charge on any atom is 0.254 e. The molecule has 0 atom stereocenters. The van der Waals surface area contributed by atoms with Gasteiger partial charge in [0.15, 0.2) is 0 Å². The van der Waals surface area contributed by atoms with Gasteiger partial charge in [0.2, 0.25) is 0 Å². The molecule has 0 saturated carbocycles. The van der Waals surface area contributed by atoms with Gasteiger partial charge in [0.25, 0.3) is 5.91 Å². The van der Waals surface area contributed by atoms with Crippen molar-refractivity contribution in [3.05, 3.63) is 77.3 Å². The van der Waals surface area contributed by atoms with E-state index in [1.54, 1.807) is 11.6 Å². The summed E-state index contributed by atoms with van der Waals surface area (Å²) in [7, 11) is 0. The first-order chi connectivity index (χ1) is 10.8. The van der Waals surface area contributed by atoms with Crippen molar-refractivity contribution in [2.24, 2.45) is 0 Å². The van der Waals surface area contributed by atoms with Crippen molar-refractivity contribution in [2.75, 3.05) is 0 Å². The molecule has 5 heteroatoms. The highest BCUT2D eigenvalue weighted by atomic mass is 32.1. The summed E-state index contributed by atoms with van der Waals surface area (Å²) in [4.78, 5) is 11.8. The third-order valence-electron chi connectivity index (χ3n) is 3.05. The van der Waals surface area contributed by atoms with Crippen LogP contribution in [0, 0.1) is 0 Å². The summed E-state index contributed by atoms with van der Waals surface area (Å²) in [5, 5.41) is 4.59. The van der Waals surface area contributed by atoms with Crippen LogP contribution in [0.15, 0.2) is 66.2 Å². The molecule has 0 bridgehead atoms. The van der Waals surface area contributed by atoms with Crippen molar-refractivity contribution in [1.82, 2.24) is 9.69 Å². The number of hydrogen-bond donors (Lipinski definition) is 1. The highest BCUT2D eigenvalue weighted by molar-refractivity contribution is 7.03. The van der Waals surface area contributed by atoms with Crippen molar-refractivity contribution in [2.45, 2.75) is 6.54 Å². The highest BCUT2D eigenvalue weighted by Crippen LogP contribution is 2.21. The van der Waals surface area contributed by atoms with Crippen LogP contribution in [0.3, 0.4) is 0 Å². The van der Waals surface area contributed by atoms with Gasteiger partial charge >= 0.3 is 0 Å². The summed E-state index contributed by atoms with van der Waals surface area (Å²) in [5.74, 6) is 1.45. The van der Waals surface area contributed by atoms with Gasteiger partial charge in [-0.3, -0.25) is 4.79 Å². The zero-order valence-electron chi connectivity index (χ0n) is 11.7. The average molecular weight is 310 g/mol. The number of benzene rings is 2. The molecule has 0 aliphatic heterocycles. The highest BCUT2D eigenvalue weighted by Gasteiger charge is 2.06. The fourth-order valence-corrected chi connectivity index (χ4v) is 2.42. The fraction of sp³-hybridized carbons (Fsp3) is 0.0588. The Morgan fingerprint density at radius 3 is 2.45 bits per heavy atom. The average Bonchev–Trinajstić information content (AvgIpc) is 3.09. The minimum Gasteiger partial charge on any atom is -0.457 e. The van der Waals surface area contributed by atoms with E-state index in [2.05, 4.69) is 9.69 Å². The van der Waals surface area contributed by atoms with Crippen LogP contribution >= 0.6 is 11.5 Å². The molecule has 0 unspecified atom stereocenters. The molecule has 0 spiro atoms. The number of rotatable bonds is 5. The Morgan fingerprint density at radius 2 is 1.77 bits per heavy atom. The van der Waals surface area contributed by atoms with E-state index >= 15 is 0 Å². The Balaban J connectivity index is 1.56. The summed E-state index contributed by atoms with van der Waals surface area (Å²) in [6.45, 7) is 0.473. The molecular formula is C17H14N2O2S. The van der Waals surface area contributed by atoms with Crippen LogP contribution < -0.4 is 10.1 Å². The standard InChI is InChI=1S/C17H14N2O2S/c20-17(14-11-19-22-12-14)18-10-13-6-8-16(9-7-13)21-15-4-2-1-3-5-15/h1-9,11-12H,10H2,(H,18,20). The summed E-state index contributed by atoms with van der Waals surface area (Å²) in [6, 6.07) is 17.3. The van der Waals surface area contributed by atoms with Gasteiger partial charge in [-0.1, -0.05) is 30.3 Å². The number of hydrogen-bond acceptors (Lipinski definition) is 4. The lowest BCUT2D eigenvalue weighted by atomic mass is 10.2. The summed E-state index contributed by atoms with van der Waals surface area (Å²) in [5.41, 5.74) is 1.60. The van der Waals surface area contributed by atoms with Gasteiger partial charge in [0.1, 0.15) is 11.5 Å². The molecule has 1 heterocycles. The lowest BCUT2D eigenvalue weighted by Crippen LogP contribution is -2.22. The first kappa shape index (κ1) is 14.3. The monoisotopic (exact) mass is 310 g/mol. The van der Waals surface area contributed by atoms with E-state index in [-0.39, 0.29) is 5.91 Å². The fourth-order valence-electron chi connectivity index (χ4n) is 1.90. The van der Waals surface area contributed by atoms with Gasteiger partial charge in [-0.15, -0.1) is 0 Å². The third kappa shape index (κ3) is 3.71. The van der Waals surface area contributed by atoms with E-state index in [1.165, 1.54) is 11.5 Å². The molecule has 22 heavy (non-hydrogen) atoms. The minimum absolute atomic E-state index is 0.113. The maximum atomic E-state index is 11.8. The molecule has 1 N–H and O–H groups in total. The van der Waals surface area contributed by atoms with Crippen molar-refractivity contribution < 1.29 is 9.53 Å². The van der Waals surface area contributed by atoms with Crippen molar-refractivity contribution in [1.29, 1.82) is 0 Å². The number of amides is 1. The first-order valence-electron chi connectivity index (χ1n) is 6.81. The quantitative estimate of drug-likeness (QED) is 0.778. The molecular weight excluding hydrogens is 296 g/mol. The summed E-state index contributed by atoms with van der Waals surface area (Å²) >= 11 is 1.27. The predicted octanol–water partition coefficient (Wildman–Crippen LogP) is 3.87. The molecule has 0 saturated heterocycles. The second-order valence-electron chi connectivity index (χ2n) is 4.65. The molecule has 0 aliphatic rings. The molecule has 4 nitrogen and oxygen atoms in total. The number of nitrogens with one attached hydrogen (secondary N) is 1. The van der Waals surface area contributed by atoms with Crippen molar-refractivity contribution >= 4 is 17.4 Å². The molecule has 0 radical (unpaired) electrons. The van der Waals surface area contributed by atoms with Crippen LogP contribution in [0.1, 0.15) is 15.9 Å². The number of nitrogens with zero attached hydrogens (tertiary/aromatic N) is 1. The second kappa shape index (κ2) is 6.87. The van der Waals surface area contributed by atoms with E-state index in [0.717, 1.165) is 17.1 Å². The lowest BCUT2D eigenvalue weighted by Gasteiger charge is -2.07. The Hall–Kier alpha value is -2.66. The number of carbonyl (C=O) groups is 1. The molecule has 0 aliphatic carbocycles. The largest absolute Gasteiger partial charge is 0.457 e. The molecule has 1 amide bonds. The zero-order chi connectivity index (χ0) is 15.2. The van der Waals surface area contributed by atoms with Gasteiger partial charge in [0, 0.05) is 11.9 Å². The number of ether oxygens (including phenoxy) is 1. The second-order valence-corrected chi connectivity index (χ2v) is 5.31. The van der Waals surface area contributed by atoms with Crippen LogP contribution in [0.5, 0.6) is 11.5 Å². The van der Waals surface area contributed by atoms with E-state index in [0.29, 0.717) is 12.1 Å². The normalized spacial score (nSPS) is 10.2. The molecule has 3 rings (SSSR count). The molecule has 110 valence electrons. The number of para-hydroxylation sites is 1. The van der Waals surface area contributed by atoms with Crippen molar-refractivity contribution in [3.8, 4) is 11.5 Å². The van der Waals surface area contributed by atoms with Gasteiger partial charge in [-0.05, 0) is 41.4 Å². The van der Waals surface area contributed by atoms with E-state index in [9.17, 15) is 4.79 Å². The van der Waals surface area contributed by atoms with Crippen LogP contribution in [0.25, 0.3) is 0 Å². The van der Waals surface area contributed by atoms with Gasteiger partial charge in [-0.2, -0.15) is 0 Å². The lowest BCUT2D eigenvalue weighted by molar-refractivity contribution is 0.0951. The SMILES string of the molecule is O=C(NCc1ccc(Oc2ccccc2)cc1)c1cnsc1. The number of carbonyl (C=O) groups excluding carboxylic acids is 1. The summed E-state index contributed by atoms with van der Waals surface area (Å²) < 4.78 is 9.64. The zero-order valence-corrected chi connectivity index (χ0v) is 12.5. The predicted molar refractivity (Wildman–Crippen MR) is 86.2 cm³/mol. The van der Waals surface area contributed by atoms with Gasteiger partial charge < -0.3 is 10.1 Å². The maximum absolute atomic E-state index is 11.8. The minimum atomic E-state index is -0.113. The Bertz CT molecular complexity index is 725. The van der Waals surface area contributed by atoms with Crippen LogP contribution in [-0.2, 0) is 6.54 Å². The van der Waals surface area contributed by atoms with E-state index in [1.807, 2.05) is 54.6 Å². The van der Waals surface area contributed by atoms with Crippen LogP contribution in [-0.4, -0.2) is 10.3 Å². The summed E-state index contributed by atoms with van der Waals surface area (Å²) in [6.07, 6.45) is 1.57. The molecule has 0 fully saturated rings. The van der Waals surface area contributed by atoms with Crippen molar-refractivity contribution in [3.63, 3.8) is 0 Å². The molecule has 3 aromatic rings. The molecule has 1 aromatic heterocycles. The van der Waals surface area contributed by atoms with Gasteiger partial charge in [0.05, 0.1) is 11.8 Å². The Morgan fingerprint density at radius 1 is 1.05 bits per heavy atom. The Kier molecular flexibility index (Phi) is 4.46. The molecule has 2 aromatic carbocycles. The van der Waals surface area contributed by atoms with Gasteiger partial charge in [-0.25, -0.2) is 4.37 Å². The topological polar surface area (TPSA) is 51.2 Å². The first-order valence-corrected chi connectivity index (χ1v) is 7.64. The van der Waals surface area contributed by atoms with E-state index in [4.69, 9.17) is 4.74 Å². The third-order valence-corrected chi connectivity index (χ3v) is 3.64. The smallest absolute Gasteiger partial charge is 0.254 e. The number of aromatic nitrogens is 1. The Labute approximate surface area is 132 Å².